The van der Waals surface area contributed by atoms with Crippen LogP contribution in [0.15, 0.2) is 40.1 Å². The molecule has 0 bridgehead atoms. The van der Waals surface area contributed by atoms with Crippen LogP contribution < -0.4 is 16.6 Å². The van der Waals surface area contributed by atoms with Crippen molar-refractivity contribution in [1.82, 2.24) is 14.1 Å². The van der Waals surface area contributed by atoms with Gasteiger partial charge < -0.3 is 5.32 Å². The Hall–Kier alpha value is -2.64. The molecular formula is C16H12Cl2N4O3. The quantitative estimate of drug-likeness (QED) is 0.740. The monoisotopic (exact) mass is 378 g/mol. The van der Waals surface area contributed by atoms with Gasteiger partial charge in [0.2, 0.25) is 0 Å². The van der Waals surface area contributed by atoms with E-state index < -0.39 is 17.2 Å². The average molecular weight is 379 g/mol. The van der Waals surface area contributed by atoms with Gasteiger partial charge in [-0.2, -0.15) is 0 Å². The number of hydrogen-bond acceptors (Lipinski definition) is 4. The van der Waals surface area contributed by atoms with Crippen LogP contribution in [-0.2, 0) is 14.1 Å². The van der Waals surface area contributed by atoms with Crippen LogP contribution in [0.2, 0.25) is 10.0 Å². The summed E-state index contributed by atoms with van der Waals surface area (Å²) in [4.78, 5) is 40.6. The number of carbonyl (C=O) groups is 1. The first-order chi connectivity index (χ1) is 11.8. The fraction of sp³-hybridized carbons (Fsp3) is 0.125. The summed E-state index contributed by atoms with van der Waals surface area (Å²) in [7, 11) is 2.89. The Labute approximate surface area is 151 Å². The second kappa shape index (κ2) is 6.34. The van der Waals surface area contributed by atoms with Gasteiger partial charge in [0.25, 0.3) is 11.5 Å². The van der Waals surface area contributed by atoms with E-state index >= 15 is 0 Å². The first kappa shape index (κ1) is 17.2. The molecule has 128 valence electrons. The molecule has 1 amide bonds. The number of aryl methyl sites for hydroxylation is 1. The summed E-state index contributed by atoms with van der Waals surface area (Å²) in [6.07, 6.45) is 1.36. The summed E-state index contributed by atoms with van der Waals surface area (Å²) < 4.78 is 2.24. The highest BCUT2D eigenvalue weighted by atomic mass is 35.5. The molecule has 0 spiro atoms. The number of nitrogens with zero attached hydrogens (tertiary/aromatic N) is 3. The molecular weight excluding hydrogens is 367 g/mol. The van der Waals surface area contributed by atoms with E-state index in [-0.39, 0.29) is 21.6 Å². The zero-order valence-corrected chi connectivity index (χ0v) is 14.7. The zero-order chi connectivity index (χ0) is 18.3. The lowest BCUT2D eigenvalue weighted by molar-refractivity contribution is 0.102. The van der Waals surface area contributed by atoms with E-state index in [2.05, 4.69) is 10.3 Å². The number of hydrogen-bond donors (Lipinski definition) is 1. The van der Waals surface area contributed by atoms with Crippen LogP contribution in [0.4, 0.5) is 5.69 Å². The van der Waals surface area contributed by atoms with Crippen LogP contribution >= 0.6 is 23.2 Å². The fourth-order valence-electron chi connectivity index (χ4n) is 2.41. The van der Waals surface area contributed by atoms with Gasteiger partial charge in [-0.05, 0) is 24.3 Å². The second-order valence-electron chi connectivity index (χ2n) is 5.38. The first-order valence-corrected chi connectivity index (χ1v) is 7.87. The van der Waals surface area contributed by atoms with Gasteiger partial charge in [0.1, 0.15) is 5.65 Å². The third-order valence-corrected chi connectivity index (χ3v) is 4.27. The third-order valence-electron chi connectivity index (χ3n) is 3.73. The molecule has 0 saturated heterocycles. The average Bonchev–Trinajstić information content (AvgIpc) is 2.57. The van der Waals surface area contributed by atoms with Gasteiger partial charge in [-0.3, -0.25) is 18.7 Å². The molecule has 3 aromatic rings. The van der Waals surface area contributed by atoms with Crippen molar-refractivity contribution in [1.29, 1.82) is 0 Å². The minimum atomic E-state index is -0.494. The highest BCUT2D eigenvalue weighted by Gasteiger charge is 2.14. The highest BCUT2D eigenvalue weighted by molar-refractivity contribution is 6.37. The maximum Gasteiger partial charge on any atom is 0.332 e. The summed E-state index contributed by atoms with van der Waals surface area (Å²) >= 11 is 11.8. The topological polar surface area (TPSA) is 86.0 Å². The van der Waals surface area contributed by atoms with E-state index in [0.29, 0.717) is 10.7 Å². The molecule has 1 aromatic carbocycles. The molecule has 0 saturated carbocycles. The molecule has 2 heterocycles. The number of halogens is 2. The van der Waals surface area contributed by atoms with Crippen LogP contribution in [0.3, 0.4) is 0 Å². The molecule has 3 rings (SSSR count). The Bertz CT molecular complexity index is 1130. The normalized spacial score (nSPS) is 10.9. The number of carbonyl (C=O) groups excluding carboxylic acids is 1. The highest BCUT2D eigenvalue weighted by Crippen LogP contribution is 2.22. The molecule has 9 heteroatoms. The summed E-state index contributed by atoms with van der Waals surface area (Å²) in [5, 5.41) is 3.46. The van der Waals surface area contributed by atoms with E-state index in [4.69, 9.17) is 23.2 Å². The van der Waals surface area contributed by atoms with E-state index in [9.17, 15) is 14.4 Å². The van der Waals surface area contributed by atoms with Crippen molar-refractivity contribution >= 4 is 45.8 Å². The molecule has 0 unspecified atom stereocenters. The summed E-state index contributed by atoms with van der Waals surface area (Å²) in [6.45, 7) is 0. The van der Waals surface area contributed by atoms with Crippen LogP contribution in [0, 0.1) is 0 Å². The molecule has 25 heavy (non-hydrogen) atoms. The number of amides is 1. The lowest BCUT2D eigenvalue weighted by atomic mass is 10.2. The number of aromatic nitrogens is 3. The van der Waals surface area contributed by atoms with Gasteiger partial charge >= 0.3 is 5.69 Å². The Morgan fingerprint density at radius 2 is 1.84 bits per heavy atom. The Morgan fingerprint density at radius 1 is 1.12 bits per heavy atom. The molecule has 2 aromatic heterocycles. The van der Waals surface area contributed by atoms with Crippen molar-refractivity contribution in [3.05, 3.63) is 66.9 Å². The van der Waals surface area contributed by atoms with Gasteiger partial charge in [-0.15, -0.1) is 0 Å². The van der Waals surface area contributed by atoms with Gasteiger partial charge in [0.15, 0.2) is 0 Å². The number of anilines is 1. The van der Waals surface area contributed by atoms with E-state index in [0.717, 1.165) is 4.57 Å². The van der Waals surface area contributed by atoms with E-state index in [1.165, 1.54) is 43.1 Å². The van der Waals surface area contributed by atoms with Gasteiger partial charge in [0.05, 0.1) is 27.9 Å². The molecule has 7 nitrogen and oxygen atoms in total. The van der Waals surface area contributed by atoms with E-state index in [1.807, 2.05) is 0 Å². The minimum Gasteiger partial charge on any atom is -0.321 e. The Kier molecular flexibility index (Phi) is 4.36. The largest absolute Gasteiger partial charge is 0.332 e. The summed E-state index contributed by atoms with van der Waals surface area (Å²) in [5.74, 6) is -0.468. The molecule has 0 aliphatic rings. The van der Waals surface area contributed by atoms with Crippen LogP contribution in [0.5, 0.6) is 0 Å². The van der Waals surface area contributed by atoms with Crippen molar-refractivity contribution < 1.29 is 4.79 Å². The predicted octanol–water partition coefficient (Wildman–Crippen LogP) is 2.19. The lowest BCUT2D eigenvalue weighted by Crippen LogP contribution is -2.37. The SMILES string of the molecule is Cn1c(=O)c2cc(NC(=O)c3ccc(Cl)cc3Cl)cnc2n(C)c1=O. The van der Waals surface area contributed by atoms with Gasteiger partial charge in [0, 0.05) is 19.1 Å². The predicted molar refractivity (Wildman–Crippen MR) is 96.6 cm³/mol. The third kappa shape index (κ3) is 3.04. The maximum atomic E-state index is 12.4. The zero-order valence-electron chi connectivity index (χ0n) is 13.2. The van der Waals surface area contributed by atoms with Crippen molar-refractivity contribution in [2.75, 3.05) is 5.32 Å². The Balaban J connectivity index is 2.04. The fourth-order valence-corrected chi connectivity index (χ4v) is 2.90. The Morgan fingerprint density at radius 3 is 2.52 bits per heavy atom. The number of nitrogens with one attached hydrogen (secondary N) is 1. The van der Waals surface area contributed by atoms with Crippen molar-refractivity contribution in [3.63, 3.8) is 0 Å². The molecule has 0 atom stereocenters. The van der Waals surface area contributed by atoms with E-state index in [1.54, 1.807) is 6.07 Å². The van der Waals surface area contributed by atoms with Crippen LogP contribution in [0.25, 0.3) is 11.0 Å². The number of benzene rings is 1. The molecule has 1 N–H and O–H groups in total. The minimum absolute atomic E-state index is 0.206. The summed E-state index contributed by atoms with van der Waals surface area (Å²) in [5.41, 5.74) is -0.199. The molecule has 0 aliphatic heterocycles. The summed E-state index contributed by atoms with van der Waals surface area (Å²) in [6, 6.07) is 5.97. The smallest absolute Gasteiger partial charge is 0.321 e. The number of fused-ring (bicyclic) bond motifs is 1. The van der Waals surface area contributed by atoms with Gasteiger partial charge in [-0.1, -0.05) is 23.2 Å². The number of rotatable bonds is 2. The first-order valence-electron chi connectivity index (χ1n) is 7.12. The number of pyridine rings is 1. The molecule has 0 radical (unpaired) electrons. The standard InChI is InChI=1S/C16H12Cl2N4O3/c1-21-13-11(15(24)22(2)16(21)25)6-9(7-19-13)20-14(23)10-4-3-8(17)5-12(10)18/h3-7H,1-2H3,(H,20,23). The molecule has 0 fully saturated rings. The van der Waals surface area contributed by atoms with Crippen LogP contribution in [0.1, 0.15) is 10.4 Å². The van der Waals surface area contributed by atoms with Crippen LogP contribution in [-0.4, -0.2) is 20.0 Å². The van der Waals surface area contributed by atoms with Crippen molar-refractivity contribution in [3.8, 4) is 0 Å². The molecule has 0 aliphatic carbocycles. The van der Waals surface area contributed by atoms with Gasteiger partial charge in [-0.25, -0.2) is 9.78 Å². The lowest BCUT2D eigenvalue weighted by Gasteiger charge is -2.10. The van der Waals surface area contributed by atoms with Crippen molar-refractivity contribution in [2.24, 2.45) is 14.1 Å². The second-order valence-corrected chi connectivity index (χ2v) is 6.22. The maximum absolute atomic E-state index is 12.4. The van der Waals surface area contributed by atoms with Crippen molar-refractivity contribution in [2.45, 2.75) is 0 Å².